The van der Waals surface area contributed by atoms with E-state index < -0.39 is 0 Å². The van der Waals surface area contributed by atoms with Crippen molar-refractivity contribution in [1.82, 2.24) is 9.47 Å². The zero-order valence-corrected chi connectivity index (χ0v) is 14.1. The highest BCUT2D eigenvalue weighted by Gasteiger charge is 2.22. The molecule has 108 valence electrons. The Morgan fingerprint density at radius 1 is 0.952 bits per heavy atom. The highest BCUT2D eigenvalue weighted by Crippen LogP contribution is 2.36. The molecule has 1 atom stereocenters. The van der Waals surface area contributed by atoms with Crippen molar-refractivity contribution in [1.29, 1.82) is 0 Å². The predicted octanol–water partition coefficient (Wildman–Crippen LogP) is 4.59. The first-order valence-corrected chi connectivity index (χ1v) is 7.83. The quantitative estimate of drug-likeness (QED) is 0.675. The Hall–Kier alpha value is -1.58. The predicted molar refractivity (Wildman–Crippen MR) is 92.6 cm³/mol. The van der Waals surface area contributed by atoms with Crippen LogP contribution in [0.2, 0.25) is 0 Å². The van der Waals surface area contributed by atoms with E-state index in [9.17, 15) is 0 Å². The second kappa shape index (κ2) is 5.66. The van der Waals surface area contributed by atoms with E-state index in [1.165, 1.54) is 22.0 Å². The lowest BCUT2D eigenvalue weighted by Crippen LogP contribution is -2.21. The minimum atomic E-state index is 0.228. The van der Waals surface area contributed by atoms with Crippen molar-refractivity contribution in [3.8, 4) is 0 Å². The van der Waals surface area contributed by atoms with Gasteiger partial charge in [-0.15, -0.1) is 0 Å². The summed E-state index contributed by atoms with van der Waals surface area (Å²) in [6, 6.07) is 17.3. The first kappa shape index (κ1) is 14.4. The first-order valence-electron chi connectivity index (χ1n) is 7.04. The van der Waals surface area contributed by atoms with Crippen LogP contribution in [-0.4, -0.2) is 23.6 Å². The van der Waals surface area contributed by atoms with Crippen LogP contribution >= 0.6 is 15.9 Å². The van der Waals surface area contributed by atoms with Gasteiger partial charge in [-0.2, -0.15) is 0 Å². The van der Waals surface area contributed by atoms with Crippen LogP contribution in [0.3, 0.4) is 0 Å². The van der Waals surface area contributed by atoms with Gasteiger partial charge in [-0.1, -0.05) is 52.3 Å². The molecule has 0 fully saturated rings. The summed E-state index contributed by atoms with van der Waals surface area (Å²) in [4.78, 5) is 2.27. The number of fused-ring (bicyclic) bond motifs is 1. The fraction of sp³-hybridized carbons (Fsp3) is 0.222. The number of aromatic nitrogens is 1. The Morgan fingerprint density at radius 3 is 2.33 bits per heavy atom. The minimum absolute atomic E-state index is 0.228. The van der Waals surface area contributed by atoms with Gasteiger partial charge in [-0.05, 0) is 37.4 Å². The molecule has 1 aromatic heterocycles. The molecule has 0 saturated carbocycles. The van der Waals surface area contributed by atoms with E-state index in [4.69, 9.17) is 0 Å². The van der Waals surface area contributed by atoms with Crippen molar-refractivity contribution < 1.29 is 0 Å². The molecule has 3 rings (SSSR count). The van der Waals surface area contributed by atoms with Crippen molar-refractivity contribution in [2.24, 2.45) is 7.05 Å². The molecule has 2 nitrogen and oxygen atoms in total. The van der Waals surface area contributed by atoms with Gasteiger partial charge in [-0.3, -0.25) is 4.90 Å². The van der Waals surface area contributed by atoms with Gasteiger partial charge in [0, 0.05) is 28.6 Å². The third-order valence-corrected chi connectivity index (χ3v) is 4.66. The van der Waals surface area contributed by atoms with Gasteiger partial charge < -0.3 is 4.57 Å². The standard InChI is InChI=1S/C18H19BrN2/c1-20(2)18(14-9-4-6-10-16(14)19)15-12-21(3)17-11-7-5-8-13(15)17/h4-12,18H,1-3H3. The molecular formula is C18H19BrN2. The summed E-state index contributed by atoms with van der Waals surface area (Å²) in [5, 5.41) is 1.31. The van der Waals surface area contributed by atoms with Crippen molar-refractivity contribution in [3.05, 3.63) is 70.3 Å². The molecule has 2 aromatic carbocycles. The van der Waals surface area contributed by atoms with Crippen LogP contribution in [0.15, 0.2) is 59.2 Å². The third-order valence-electron chi connectivity index (χ3n) is 3.94. The second-order valence-corrected chi connectivity index (χ2v) is 6.45. The topological polar surface area (TPSA) is 8.17 Å². The number of halogens is 1. The summed E-state index contributed by atoms with van der Waals surface area (Å²) < 4.78 is 3.36. The Labute approximate surface area is 134 Å². The van der Waals surface area contributed by atoms with E-state index in [-0.39, 0.29) is 6.04 Å². The average molecular weight is 343 g/mol. The third kappa shape index (κ3) is 2.52. The molecule has 3 heteroatoms. The number of benzene rings is 2. The lowest BCUT2D eigenvalue weighted by molar-refractivity contribution is 0.343. The Kier molecular flexibility index (Phi) is 3.87. The van der Waals surface area contributed by atoms with Gasteiger partial charge in [-0.25, -0.2) is 0 Å². The maximum atomic E-state index is 3.70. The zero-order chi connectivity index (χ0) is 15.0. The molecule has 0 spiro atoms. The molecule has 3 aromatic rings. The number of hydrogen-bond donors (Lipinski definition) is 0. The smallest absolute Gasteiger partial charge is 0.0629 e. The molecule has 0 amide bonds. The monoisotopic (exact) mass is 342 g/mol. The number of rotatable bonds is 3. The summed E-state index contributed by atoms with van der Waals surface area (Å²) >= 11 is 3.70. The number of nitrogens with zero attached hydrogens (tertiary/aromatic N) is 2. The van der Waals surface area contributed by atoms with Crippen LogP contribution in [0.1, 0.15) is 17.2 Å². The molecule has 0 bridgehead atoms. The van der Waals surface area contributed by atoms with Gasteiger partial charge in [0.15, 0.2) is 0 Å². The van der Waals surface area contributed by atoms with E-state index in [0.29, 0.717) is 0 Å². The Morgan fingerprint density at radius 2 is 1.62 bits per heavy atom. The average Bonchev–Trinajstić information content (AvgIpc) is 2.79. The van der Waals surface area contributed by atoms with Gasteiger partial charge >= 0.3 is 0 Å². The molecule has 1 unspecified atom stereocenters. The van der Waals surface area contributed by atoms with Gasteiger partial charge in [0.1, 0.15) is 0 Å². The van der Waals surface area contributed by atoms with Crippen molar-refractivity contribution in [2.75, 3.05) is 14.1 Å². The number of aryl methyl sites for hydroxylation is 1. The largest absolute Gasteiger partial charge is 0.350 e. The summed E-state index contributed by atoms with van der Waals surface area (Å²) in [5.74, 6) is 0. The molecule has 21 heavy (non-hydrogen) atoms. The normalized spacial score (nSPS) is 13.0. The highest BCUT2D eigenvalue weighted by atomic mass is 79.9. The van der Waals surface area contributed by atoms with Crippen molar-refractivity contribution in [3.63, 3.8) is 0 Å². The van der Waals surface area contributed by atoms with E-state index >= 15 is 0 Å². The summed E-state index contributed by atoms with van der Waals surface area (Å²) in [5.41, 5.74) is 3.90. The maximum Gasteiger partial charge on any atom is 0.0629 e. The summed E-state index contributed by atoms with van der Waals surface area (Å²) in [6.07, 6.45) is 2.24. The molecule has 0 N–H and O–H groups in total. The Balaban J connectivity index is 2.24. The molecule has 0 aliphatic heterocycles. The fourth-order valence-corrected chi connectivity index (χ4v) is 3.51. The van der Waals surface area contributed by atoms with Gasteiger partial charge in [0.2, 0.25) is 0 Å². The van der Waals surface area contributed by atoms with Gasteiger partial charge in [0.25, 0.3) is 0 Å². The molecule has 0 aliphatic rings. The summed E-state index contributed by atoms with van der Waals surface area (Å²) in [6.45, 7) is 0. The van der Waals surface area contributed by atoms with Crippen LogP contribution < -0.4 is 0 Å². The molecule has 0 radical (unpaired) electrons. The maximum absolute atomic E-state index is 3.70. The van der Waals surface area contributed by atoms with Crippen LogP contribution in [0.5, 0.6) is 0 Å². The lowest BCUT2D eigenvalue weighted by atomic mass is 9.97. The van der Waals surface area contributed by atoms with Crippen LogP contribution in [0, 0.1) is 0 Å². The minimum Gasteiger partial charge on any atom is -0.350 e. The van der Waals surface area contributed by atoms with E-state index in [1.54, 1.807) is 0 Å². The van der Waals surface area contributed by atoms with Gasteiger partial charge in [0.05, 0.1) is 6.04 Å². The first-order chi connectivity index (χ1) is 10.1. The molecule has 0 saturated heterocycles. The molecule has 1 heterocycles. The van der Waals surface area contributed by atoms with Crippen LogP contribution in [0.25, 0.3) is 10.9 Å². The van der Waals surface area contributed by atoms with E-state index in [1.807, 2.05) is 0 Å². The SMILES string of the molecule is CN(C)C(c1ccccc1Br)c1cn(C)c2ccccc12. The number of para-hydroxylation sites is 1. The molecule has 0 aliphatic carbocycles. The molecular weight excluding hydrogens is 324 g/mol. The van der Waals surface area contributed by atoms with Crippen LogP contribution in [0.4, 0.5) is 0 Å². The van der Waals surface area contributed by atoms with Crippen LogP contribution in [-0.2, 0) is 7.05 Å². The van der Waals surface area contributed by atoms with Crippen molar-refractivity contribution in [2.45, 2.75) is 6.04 Å². The highest BCUT2D eigenvalue weighted by molar-refractivity contribution is 9.10. The Bertz CT molecular complexity index is 774. The fourth-order valence-electron chi connectivity index (χ4n) is 3.01. The zero-order valence-electron chi connectivity index (χ0n) is 12.5. The van der Waals surface area contributed by atoms with E-state index in [0.717, 1.165) is 4.47 Å². The van der Waals surface area contributed by atoms with Crippen molar-refractivity contribution >= 4 is 26.8 Å². The summed E-state index contributed by atoms with van der Waals surface area (Å²) in [7, 11) is 6.37. The number of hydrogen-bond acceptors (Lipinski definition) is 1. The lowest BCUT2D eigenvalue weighted by Gasteiger charge is -2.25. The van der Waals surface area contributed by atoms with E-state index in [2.05, 4.69) is 101 Å². The second-order valence-electron chi connectivity index (χ2n) is 5.60.